The van der Waals surface area contributed by atoms with E-state index in [1.54, 1.807) is 12.1 Å². The van der Waals surface area contributed by atoms with Crippen LogP contribution in [-0.4, -0.2) is 23.0 Å². The van der Waals surface area contributed by atoms with Crippen LogP contribution in [0, 0.1) is 11.7 Å². The first-order valence-electron chi connectivity index (χ1n) is 5.77. The number of carbonyl (C=O) groups is 2. The van der Waals surface area contributed by atoms with Gasteiger partial charge in [0.25, 0.3) is 0 Å². The van der Waals surface area contributed by atoms with Crippen LogP contribution in [0.5, 0.6) is 0 Å². The van der Waals surface area contributed by atoms with Gasteiger partial charge in [-0.25, -0.2) is 4.39 Å². The molecule has 3 atom stereocenters. The lowest BCUT2D eigenvalue weighted by Gasteiger charge is -2.08. The van der Waals surface area contributed by atoms with Crippen LogP contribution in [0.4, 0.5) is 4.39 Å². The van der Waals surface area contributed by atoms with Crippen molar-refractivity contribution in [3.05, 3.63) is 35.6 Å². The number of carbonyl (C=O) groups excluding carboxylic acids is 1. The number of carboxylic acid groups (broad SMARTS) is 1. The highest BCUT2D eigenvalue weighted by Crippen LogP contribution is 2.47. The van der Waals surface area contributed by atoms with E-state index in [4.69, 9.17) is 5.11 Å². The molecule has 0 heterocycles. The summed E-state index contributed by atoms with van der Waals surface area (Å²) in [6.45, 7) is 1.43. The van der Waals surface area contributed by atoms with Crippen LogP contribution in [0.25, 0.3) is 0 Å². The van der Waals surface area contributed by atoms with E-state index in [0.29, 0.717) is 6.42 Å². The molecule has 1 aromatic rings. The molecular formula is C13H14FNO3. The molecule has 96 valence electrons. The molecule has 18 heavy (non-hydrogen) atoms. The van der Waals surface area contributed by atoms with Crippen molar-refractivity contribution in [3.8, 4) is 0 Å². The van der Waals surface area contributed by atoms with Crippen molar-refractivity contribution in [2.24, 2.45) is 5.92 Å². The molecule has 0 aromatic heterocycles. The number of hydrogen-bond donors (Lipinski definition) is 2. The Hall–Kier alpha value is -1.91. The summed E-state index contributed by atoms with van der Waals surface area (Å²) in [5.74, 6) is -1.73. The van der Waals surface area contributed by atoms with Crippen LogP contribution in [-0.2, 0) is 9.59 Å². The van der Waals surface area contributed by atoms with Gasteiger partial charge >= 0.3 is 5.97 Å². The van der Waals surface area contributed by atoms with E-state index in [0.717, 1.165) is 5.56 Å². The standard InChI is InChI=1S/C13H14FNO3/c1-7(13(17)18)15-12(16)11-6-10(11)8-2-4-9(14)5-3-8/h2-5,7,10-11H,6H2,1H3,(H,15,16)(H,17,18)/t7-,10?,11?/m0/s1. The molecule has 0 saturated heterocycles. The minimum absolute atomic E-state index is 0.0756. The summed E-state index contributed by atoms with van der Waals surface area (Å²) in [5.41, 5.74) is 0.916. The molecule has 2 unspecified atom stereocenters. The third-order valence-electron chi connectivity index (χ3n) is 3.15. The van der Waals surface area contributed by atoms with Crippen LogP contribution in [0.1, 0.15) is 24.8 Å². The smallest absolute Gasteiger partial charge is 0.325 e. The highest BCUT2D eigenvalue weighted by molar-refractivity contribution is 5.87. The molecular weight excluding hydrogens is 237 g/mol. The minimum atomic E-state index is -1.05. The molecule has 0 bridgehead atoms. The maximum atomic E-state index is 12.7. The van der Waals surface area contributed by atoms with E-state index in [1.165, 1.54) is 19.1 Å². The van der Waals surface area contributed by atoms with Crippen molar-refractivity contribution in [2.75, 3.05) is 0 Å². The first kappa shape index (κ1) is 12.5. The summed E-state index contributed by atoms with van der Waals surface area (Å²) < 4.78 is 12.7. The van der Waals surface area contributed by atoms with Gasteiger partial charge in [0, 0.05) is 5.92 Å². The summed E-state index contributed by atoms with van der Waals surface area (Å²) in [6, 6.07) is 5.17. The Balaban J connectivity index is 1.93. The number of benzene rings is 1. The average molecular weight is 251 g/mol. The lowest BCUT2D eigenvalue weighted by molar-refractivity contribution is -0.141. The van der Waals surface area contributed by atoms with Gasteiger partial charge in [0.15, 0.2) is 0 Å². The molecule has 1 aliphatic carbocycles. The van der Waals surface area contributed by atoms with Crippen molar-refractivity contribution in [2.45, 2.75) is 25.3 Å². The molecule has 1 aliphatic rings. The molecule has 1 fully saturated rings. The summed E-state index contributed by atoms with van der Waals surface area (Å²) in [4.78, 5) is 22.3. The lowest BCUT2D eigenvalue weighted by Crippen LogP contribution is -2.39. The normalized spacial score (nSPS) is 23.2. The first-order chi connectivity index (χ1) is 8.49. The van der Waals surface area contributed by atoms with Gasteiger partial charge < -0.3 is 10.4 Å². The Bertz CT molecular complexity index is 472. The Morgan fingerprint density at radius 3 is 2.56 bits per heavy atom. The van der Waals surface area contributed by atoms with E-state index in [1.807, 2.05) is 0 Å². The maximum Gasteiger partial charge on any atom is 0.325 e. The van der Waals surface area contributed by atoms with Crippen molar-refractivity contribution in [1.29, 1.82) is 0 Å². The van der Waals surface area contributed by atoms with Crippen molar-refractivity contribution >= 4 is 11.9 Å². The number of carboxylic acids is 1. The number of nitrogens with one attached hydrogen (secondary N) is 1. The molecule has 2 rings (SSSR count). The van der Waals surface area contributed by atoms with Crippen LogP contribution in [0.2, 0.25) is 0 Å². The Morgan fingerprint density at radius 2 is 2.00 bits per heavy atom. The summed E-state index contributed by atoms with van der Waals surface area (Å²) >= 11 is 0. The summed E-state index contributed by atoms with van der Waals surface area (Å²) in [6.07, 6.45) is 0.684. The fourth-order valence-corrected chi connectivity index (χ4v) is 1.95. The molecule has 1 aromatic carbocycles. The van der Waals surface area contributed by atoms with Crippen LogP contribution in [0.15, 0.2) is 24.3 Å². The average Bonchev–Trinajstić information content (AvgIpc) is 3.09. The molecule has 0 aliphatic heterocycles. The third-order valence-corrected chi connectivity index (χ3v) is 3.15. The van der Waals surface area contributed by atoms with E-state index < -0.39 is 12.0 Å². The molecule has 2 N–H and O–H groups in total. The minimum Gasteiger partial charge on any atom is -0.480 e. The van der Waals surface area contributed by atoms with Gasteiger partial charge in [0.1, 0.15) is 11.9 Å². The van der Waals surface area contributed by atoms with Crippen molar-refractivity contribution < 1.29 is 19.1 Å². The maximum absolute atomic E-state index is 12.7. The highest BCUT2D eigenvalue weighted by Gasteiger charge is 2.44. The van der Waals surface area contributed by atoms with E-state index >= 15 is 0 Å². The number of hydrogen-bond acceptors (Lipinski definition) is 2. The van der Waals surface area contributed by atoms with Gasteiger partial charge in [0.05, 0.1) is 0 Å². The number of aliphatic carboxylic acids is 1. The highest BCUT2D eigenvalue weighted by atomic mass is 19.1. The van der Waals surface area contributed by atoms with Gasteiger partial charge in [0.2, 0.25) is 5.91 Å². The predicted molar refractivity (Wildman–Crippen MR) is 62.5 cm³/mol. The molecule has 4 nitrogen and oxygen atoms in total. The van der Waals surface area contributed by atoms with Crippen molar-refractivity contribution in [3.63, 3.8) is 0 Å². The fourth-order valence-electron chi connectivity index (χ4n) is 1.95. The van der Waals surface area contributed by atoms with E-state index in [2.05, 4.69) is 5.32 Å². The van der Waals surface area contributed by atoms with Crippen LogP contribution in [0.3, 0.4) is 0 Å². The van der Waals surface area contributed by atoms with Gasteiger partial charge in [-0.3, -0.25) is 9.59 Å². The summed E-state index contributed by atoms with van der Waals surface area (Å²) in [7, 11) is 0. The predicted octanol–water partition coefficient (Wildman–Crippen LogP) is 1.52. The van der Waals surface area contributed by atoms with Crippen LogP contribution >= 0.6 is 0 Å². The number of halogens is 1. The molecule has 1 saturated carbocycles. The first-order valence-corrected chi connectivity index (χ1v) is 5.77. The fraction of sp³-hybridized carbons (Fsp3) is 0.385. The number of amides is 1. The molecule has 5 heteroatoms. The number of rotatable bonds is 4. The van der Waals surface area contributed by atoms with E-state index in [9.17, 15) is 14.0 Å². The second-order valence-corrected chi connectivity index (χ2v) is 4.57. The Kier molecular flexibility index (Phi) is 3.32. The Morgan fingerprint density at radius 1 is 1.39 bits per heavy atom. The Labute approximate surface area is 104 Å². The molecule has 0 spiro atoms. The zero-order valence-electron chi connectivity index (χ0n) is 9.89. The topological polar surface area (TPSA) is 66.4 Å². The lowest BCUT2D eigenvalue weighted by atomic mass is 10.1. The quantitative estimate of drug-likeness (QED) is 0.852. The molecule has 1 amide bonds. The van der Waals surface area contributed by atoms with Gasteiger partial charge in [-0.1, -0.05) is 12.1 Å². The SMILES string of the molecule is C[C@H](NC(=O)C1CC1c1ccc(F)cc1)C(=O)O. The zero-order valence-corrected chi connectivity index (χ0v) is 9.89. The monoisotopic (exact) mass is 251 g/mol. The summed E-state index contributed by atoms with van der Waals surface area (Å²) in [5, 5.41) is 11.1. The molecule has 0 radical (unpaired) electrons. The van der Waals surface area contributed by atoms with Gasteiger partial charge in [-0.2, -0.15) is 0 Å². The largest absolute Gasteiger partial charge is 0.480 e. The van der Waals surface area contributed by atoms with E-state index in [-0.39, 0.29) is 23.6 Å². The second kappa shape index (κ2) is 4.76. The third kappa shape index (κ3) is 2.67. The van der Waals surface area contributed by atoms with Gasteiger partial charge in [-0.05, 0) is 37.0 Å². The second-order valence-electron chi connectivity index (χ2n) is 4.57. The van der Waals surface area contributed by atoms with Crippen LogP contribution < -0.4 is 5.32 Å². The van der Waals surface area contributed by atoms with Crippen molar-refractivity contribution in [1.82, 2.24) is 5.32 Å². The van der Waals surface area contributed by atoms with Gasteiger partial charge in [-0.15, -0.1) is 0 Å². The zero-order chi connectivity index (χ0) is 13.3.